The zero-order valence-electron chi connectivity index (χ0n) is 24.8. The van der Waals surface area contributed by atoms with E-state index in [1.165, 1.54) is 25.3 Å². The maximum atomic E-state index is 12.4. The number of amides is 1. The van der Waals surface area contributed by atoms with Crippen LogP contribution in [0, 0.1) is 0 Å². The van der Waals surface area contributed by atoms with Gasteiger partial charge in [-0.1, -0.05) is 23.9 Å². The van der Waals surface area contributed by atoms with E-state index < -0.39 is 18.2 Å². The zero-order chi connectivity index (χ0) is 32.5. The lowest BCUT2D eigenvalue weighted by Gasteiger charge is -2.24. The largest absolute Gasteiger partial charge is 0.780 e. The lowest BCUT2D eigenvalue weighted by molar-refractivity contribution is -0.205. The smallest absolute Gasteiger partial charge is 0.251 e. The SMILES string of the molecule is COP([O-])(=S)OCCOCCOCCOCCOCCOCCNC(=O)c1ccc(-c2cc(=O)c3ccc(O)c(O)c3o2)cc1. The first-order chi connectivity index (χ1) is 21.7. The standard InChI is InChI=1S/C29H38NO13PS/c1-36-44(35,45)42-19-18-41-17-16-40-15-14-39-13-12-38-11-10-37-9-8-30-29(34)22-4-2-21(3-5-22)26-20-25(32)23-6-7-24(31)27(33)28(23)43-26/h2-7,20,31,33H,8-19H2,1H3,(H,30,34)(H,35,45)/p-1. The summed E-state index contributed by atoms with van der Waals surface area (Å²) in [6.07, 6.45) is 0. The van der Waals surface area contributed by atoms with Crippen molar-refractivity contribution in [3.8, 4) is 22.8 Å². The van der Waals surface area contributed by atoms with Crippen molar-refractivity contribution in [3.05, 3.63) is 58.3 Å². The highest BCUT2D eigenvalue weighted by molar-refractivity contribution is 8.06. The Labute approximate surface area is 265 Å². The van der Waals surface area contributed by atoms with Crippen molar-refractivity contribution in [1.82, 2.24) is 5.32 Å². The molecular formula is C29H37NO13PS-. The molecule has 14 nitrogen and oxygen atoms in total. The Kier molecular flexibility index (Phi) is 15.9. The molecule has 0 bridgehead atoms. The number of carbonyl (C=O) groups is 1. The minimum atomic E-state index is -3.39. The fraction of sp³-hybridized carbons (Fsp3) is 0.448. The van der Waals surface area contributed by atoms with Gasteiger partial charge in [0.25, 0.3) is 5.91 Å². The molecule has 0 aliphatic carbocycles. The number of hydrogen-bond acceptors (Lipinski definition) is 14. The van der Waals surface area contributed by atoms with E-state index in [1.54, 1.807) is 24.3 Å². The van der Waals surface area contributed by atoms with E-state index in [0.717, 1.165) is 0 Å². The number of hydrogen-bond donors (Lipinski definition) is 3. The second kappa shape index (κ2) is 19.5. The summed E-state index contributed by atoms with van der Waals surface area (Å²) in [7, 11) is 1.23. The van der Waals surface area contributed by atoms with Gasteiger partial charge in [0.1, 0.15) is 12.5 Å². The van der Waals surface area contributed by atoms with Gasteiger partial charge in [-0.05, 0) is 24.3 Å². The van der Waals surface area contributed by atoms with Gasteiger partial charge in [-0.3, -0.25) is 9.59 Å². The van der Waals surface area contributed by atoms with Gasteiger partial charge in [-0.15, -0.1) is 0 Å². The molecule has 1 heterocycles. The first kappa shape index (κ1) is 36.5. The van der Waals surface area contributed by atoms with E-state index in [2.05, 4.69) is 21.6 Å². The van der Waals surface area contributed by atoms with Crippen LogP contribution in [-0.2, 0) is 44.5 Å². The number of rotatable bonds is 22. The van der Waals surface area contributed by atoms with Crippen LogP contribution in [0.3, 0.4) is 0 Å². The van der Waals surface area contributed by atoms with Gasteiger partial charge in [-0.25, -0.2) is 0 Å². The second-order valence-electron chi connectivity index (χ2n) is 9.14. The van der Waals surface area contributed by atoms with Gasteiger partial charge in [0.05, 0.1) is 78.1 Å². The van der Waals surface area contributed by atoms with Crippen molar-refractivity contribution in [3.63, 3.8) is 0 Å². The molecule has 45 heavy (non-hydrogen) atoms. The number of benzene rings is 2. The van der Waals surface area contributed by atoms with Gasteiger partial charge >= 0.3 is 0 Å². The van der Waals surface area contributed by atoms with E-state index in [1.807, 2.05) is 0 Å². The van der Waals surface area contributed by atoms with Crippen molar-refractivity contribution >= 4 is 35.4 Å². The van der Waals surface area contributed by atoms with E-state index in [4.69, 9.17) is 32.6 Å². The number of nitrogens with one attached hydrogen (secondary N) is 1. The molecule has 0 fully saturated rings. The van der Waals surface area contributed by atoms with Crippen molar-refractivity contribution < 1.29 is 57.0 Å². The lowest BCUT2D eigenvalue weighted by Crippen LogP contribution is -2.27. The van der Waals surface area contributed by atoms with Gasteiger partial charge in [-0.2, -0.15) is 0 Å². The number of phenols is 2. The summed E-state index contributed by atoms with van der Waals surface area (Å²) in [6.45, 7) is 0.633. The average Bonchev–Trinajstić information content (AvgIpc) is 3.04. The normalized spacial score (nSPS) is 12.8. The summed E-state index contributed by atoms with van der Waals surface area (Å²) in [5.41, 5.74) is 0.431. The Morgan fingerprint density at radius 3 is 1.93 bits per heavy atom. The van der Waals surface area contributed by atoms with Crippen molar-refractivity contribution in [2.45, 2.75) is 0 Å². The van der Waals surface area contributed by atoms with Crippen LogP contribution >= 0.6 is 6.72 Å². The van der Waals surface area contributed by atoms with Gasteiger partial charge in [0.15, 0.2) is 16.8 Å². The lowest BCUT2D eigenvalue weighted by atomic mass is 10.1. The Hall–Kier alpha value is -2.95. The van der Waals surface area contributed by atoms with Crippen LogP contribution in [0.25, 0.3) is 22.3 Å². The van der Waals surface area contributed by atoms with Crippen LogP contribution in [0.4, 0.5) is 0 Å². The topological polar surface area (TPSA) is 187 Å². The van der Waals surface area contributed by atoms with Crippen LogP contribution in [0.15, 0.2) is 51.7 Å². The van der Waals surface area contributed by atoms with E-state index in [9.17, 15) is 24.7 Å². The summed E-state index contributed by atoms with van der Waals surface area (Å²) in [5.74, 6) is -1.02. The van der Waals surface area contributed by atoms with Crippen molar-refractivity contribution in [1.29, 1.82) is 0 Å². The second-order valence-corrected chi connectivity index (χ2v) is 12.0. The van der Waals surface area contributed by atoms with Gasteiger partial charge < -0.3 is 57.6 Å². The van der Waals surface area contributed by atoms with Crippen LogP contribution in [0.5, 0.6) is 11.5 Å². The van der Waals surface area contributed by atoms with Crippen LogP contribution in [0.2, 0.25) is 0 Å². The highest BCUT2D eigenvalue weighted by Crippen LogP contribution is 2.37. The molecule has 1 atom stereocenters. The monoisotopic (exact) mass is 670 g/mol. The maximum absolute atomic E-state index is 12.4. The number of phenolic OH excluding ortho intramolecular Hbond substituents is 2. The van der Waals surface area contributed by atoms with Crippen LogP contribution in [-0.4, -0.2) is 102 Å². The number of carbonyl (C=O) groups excluding carboxylic acids is 1. The summed E-state index contributed by atoms with van der Waals surface area (Å²) >= 11 is 4.58. The molecule has 0 spiro atoms. The van der Waals surface area contributed by atoms with Crippen LogP contribution in [0.1, 0.15) is 10.4 Å². The summed E-state index contributed by atoms with van der Waals surface area (Å²) in [5, 5.41) is 22.7. The average molecular weight is 671 g/mol. The Bertz CT molecular complexity index is 1450. The molecular weight excluding hydrogens is 633 g/mol. The van der Waals surface area contributed by atoms with E-state index in [0.29, 0.717) is 77.1 Å². The predicted octanol–water partition coefficient (Wildman–Crippen LogP) is 1.93. The molecule has 3 N–H and O–H groups in total. The molecule has 3 aromatic rings. The number of ether oxygens (including phenoxy) is 5. The minimum Gasteiger partial charge on any atom is -0.780 e. The Balaban J connectivity index is 1.17. The molecule has 2 aromatic carbocycles. The molecule has 16 heteroatoms. The quantitative estimate of drug-likeness (QED) is 0.0799. The zero-order valence-corrected chi connectivity index (χ0v) is 26.5. The fourth-order valence-electron chi connectivity index (χ4n) is 3.70. The predicted molar refractivity (Wildman–Crippen MR) is 165 cm³/mol. The molecule has 1 unspecified atom stereocenters. The fourth-order valence-corrected chi connectivity index (χ4v) is 4.33. The highest BCUT2D eigenvalue weighted by Gasteiger charge is 2.14. The third-order valence-electron chi connectivity index (χ3n) is 6.00. The Morgan fingerprint density at radius 2 is 1.38 bits per heavy atom. The highest BCUT2D eigenvalue weighted by atomic mass is 32.5. The third kappa shape index (κ3) is 12.8. The molecule has 0 saturated carbocycles. The summed E-state index contributed by atoms with van der Waals surface area (Å²) < 4.78 is 42.0. The first-order valence-electron chi connectivity index (χ1n) is 14.0. The van der Waals surface area contributed by atoms with E-state index in [-0.39, 0.29) is 41.3 Å². The third-order valence-corrected chi connectivity index (χ3v) is 7.71. The van der Waals surface area contributed by atoms with E-state index >= 15 is 0 Å². The number of fused-ring (bicyclic) bond motifs is 1. The van der Waals surface area contributed by atoms with Gasteiger partial charge in [0.2, 0.25) is 5.75 Å². The molecule has 1 amide bonds. The molecule has 3 rings (SSSR count). The summed E-state index contributed by atoms with van der Waals surface area (Å²) in [4.78, 5) is 36.2. The van der Waals surface area contributed by atoms with Gasteiger partial charge in [0, 0.05) is 30.8 Å². The molecule has 0 saturated heterocycles. The molecule has 1 aromatic heterocycles. The molecule has 0 aliphatic heterocycles. The summed E-state index contributed by atoms with van der Waals surface area (Å²) in [6, 6.07) is 10.3. The first-order valence-corrected chi connectivity index (χ1v) is 16.5. The van der Waals surface area contributed by atoms with Crippen LogP contribution < -0.4 is 15.6 Å². The molecule has 0 aliphatic rings. The minimum absolute atomic E-state index is 0.0801. The Morgan fingerprint density at radius 1 is 0.844 bits per heavy atom. The molecule has 0 radical (unpaired) electrons. The molecule has 248 valence electrons. The maximum Gasteiger partial charge on any atom is 0.251 e. The van der Waals surface area contributed by atoms with Crippen molar-refractivity contribution in [2.24, 2.45) is 0 Å². The number of aromatic hydroxyl groups is 2. The van der Waals surface area contributed by atoms with Crippen molar-refractivity contribution in [2.75, 3.05) is 86.3 Å².